The Labute approximate surface area is 80.4 Å². The molecular formula is C7H4F3NO4. The summed E-state index contributed by atoms with van der Waals surface area (Å²) in [5.74, 6) is -1.74. The molecule has 82 valence electrons. The number of halogens is 3. The van der Waals surface area contributed by atoms with Gasteiger partial charge >= 0.3 is 18.2 Å². The fraction of sp³-hybridized carbons (Fsp3) is 0.143. The number of aromatic carboxylic acids is 1. The lowest BCUT2D eigenvalue weighted by atomic mass is 10.3. The van der Waals surface area contributed by atoms with Crippen LogP contribution in [0.15, 0.2) is 12.3 Å². The van der Waals surface area contributed by atoms with Crippen molar-refractivity contribution in [1.29, 1.82) is 0 Å². The highest BCUT2D eigenvalue weighted by molar-refractivity contribution is 5.90. The summed E-state index contributed by atoms with van der Waals surface area (Å²) in [6.45, 7) is 0. The van der Waals surface area contributed by atoms with Gasteiger partial charge in [-0.1, -0.05) is 0 Å². The van der Waals surface area contributed by atoms with Crippen LogP contribution >= 0.6 is 0 Å². The smallest absolute Gasteiger partial charge is 0.417 e. The molecule has 5 nitrogen and oxygen atoms in total. The average molecular weight is 223 g/mol. The Bertz CT molecular complexity index is 389. The summed E-state index contributed by atoms with van der Waals surface area (Å²) >= 11 is 0. The van der Waals surface area contributed by atoms with Gasteiger partial charge in [0.15, 0.2) is 0 Å². The van der Waals surface area contributed by atoms with E-state index in [9.17, 15) is 22.8 Å². The van der Waals surface area contributed by atoms with E-state index < -0.39 is 29.5 Å². The minimum atomic E-state index is -4.77. The number of carboxylic acid groups (broad SMARTS) is 2. The third kappa shape index (κ3) is 2.09. The van der Waals surface area contributed by atoms with E-state index in [1.165, 1.54) is 0 Å². The van der Waals surface area contributed by atoms with Crippen molar-refractivity contribution in [2.24, 2.45) is 0 Å². The molecule has 0 aliphatic rings. The van der Waals surface area contributed by atoms with E-state index in [0.29, 0.717) is 0 Å². The summed E-state index contributed by atoms with van der Waals surface area (Å²) in [5.41, 5.74) is -2.27. The van der Waals surface area contributed by atoms with Crippen molar-refractivity contribution < 1.29 is 33.0 Å². The van der Waals surface area contributed by atoms with Gasteiger partial charge in [0, 0.05) is 6.20 Å². The van der Waals surface area contributed by atoms with E-state index in [2.05, 4.69) is 0 Å². The first-order valence-corrected chi connectivity index (χ1v) is 3.49. The quantitative estimate of drug-likeness (QED) is 0.759. The number of hydrogen-bond donors (Lipinski definition) is 2. The second-order valence-corrected chi connectivity index (χ2v) is 2.57. The highest BCUT2D eigenvalue weighted by Gasteiger charge is 2.34. The van der Waals surface area contributed by atoms with E-state index >= 15 is 0 Å². The summed E-state index contributed by atoms with van der Waals surface area (Å²) in [6.07, 6.45) is -6.35. The van der Waals surface area contributed by atoms with Crippen molar-refractivity contribution in [1.82, 2.24) is 4.57 Å². The van der Waals surface area contributed by atoms with Gasteiger partial charge in [-0.15, -0.1) is 0 Å². The maximum Gasteiger partial charge on any atom is 0.417 e. The predicted octanol–water partition coefficient (Wildman–Crippen LogP) is 1.73. The number of nitrogens with zero attached hydrogens (tertiary/aromatic N) is 1. The minimum absolute atomic E-state index is 0.00512. The molecule has 0 unspecified atom stereocenters. The summed E-state index contributed by atoms with van der Waals surface area (Å²) in [5, 5.41) is 16.9. The van der Waals surface area contributed by atoms with Crippen LogP contribution in [0.1, 0.15) is 16.1 Å². The zero-order valence-electron chi connectivity index (χ0n) is 6.95. The first-order chi connectivity index (χ1) is 6.73. The summed E-state index contributed by atoms with van der Waals surface area (Å²) in [6, 6.07) is 0.260. The number of carboxylic acids is 1. The number of rotatable bonds is 1. The molecule has 1 aromatic rings. The number of alkyl halides is 3. The molecule has 0 fully saturated rings. The van der Waals surface area contributed by atoms with Gasteiger partial charge in [0.25, 0.3) is 0 Å². The first-order valence-electron chi connectivity index (χ1n) is 3.49. The van der Waals surface area contributed by atoms with Crippen molar-refractivity contribution in [2.45, 2.75) is 6.18 Å². The molecule has 0 radical (unpaired) electrons. The Hall–Kier alpha value is -1.99. The minimum Gasteiger partial charge on any atom is -0.477 e. The maximum atomic E-state index is 12.1. The van der Waals surface area contributed by atoms with E-state index in [1.54, 1.807) is 0 Å². The van der Waals surface area contributed by atoms with E-state index in [0.717, 1.165) is 0 Å². The van der Waals surface area contributed by atoms with E-state index in [1.807, 2.05) is 0 Å². The molecule has 1 heterocycles. The molecule has 0 aromatic carbocycles. The van der Waals surface area contributed by atoms with Crippen LogP contribution in [0.25, 0.3) is 0 Å². The summed E-state index contributed by atoms with van der Waals surface area (Å²) in [7, 11) is 0. The second kappa shape index (κ2) is 3.30. The van der Waals surface area contributed by atoms with Crippen molar-refractivity contribution in [2.75, 3.05) is 0 Å². The monoisotopic (exact) mass is 223 g/mol. The van der Waals surface area contributed by atoms with Gasteiger partial charge in [-0.25, -0.2) is 14.2 Å². The van der Waals surface area contributed by atoms with Crippen LogP contribution in [-0.2, 0) is 6.18 Å². The lowest BCUT2D eigenvalue weighted by molar-refractivity contribution is -0.137. The standard InChI is InChI=1S/C7H4F3NO4/c8-7(9,10)3-1-4(5(12)13)11(2-3)6(14)15/h1-2H,(H,12,13)(H,14,15). The molecule has 8 heteroatoms. The molecule has 0 aliphatic carbocycles. The van der Waals surface area contributed by atoms with E-state index in [4.69, 9.17) is 10.2 Å². The third-order valence-corrected chi connectivity index (χ3v) is 1.57. The van der Waals surface area contributed by atoms with Crippen LogP contribution in [-0.4, -0.2) is 26.8 Å². The SMILES string of the molecule is O=C(O)c1cc(C(F)(F)F)cn1C(=O)O. The molecule has 2 N–H and O–H groups in total. The Kier molecular flexibility index (Phi) is 2.44. The number of carbonyl (C=O) groups is 2. The first kappa shape index (κ1) is 11.1. The highest BCUT2D eigenvalue weighted by atomic mass is 19.4. The summed E-state index contributed by atoms with van der Waals surface area (Å²) < 4.78 is 36.3. The highest BCUT2D eigenvalue weighted by Crippen LogP contribution is 2.30. The largest absolute Gasteiger partial charge is 0.477 e. The molecule has 1 rings (SSSR count). The lowest BCUT2D eigenvalue weighted by Crippen LogP contribution is -2.14. The molecule has 1 aromatic heterocycles. The van der Waals surface area contributed by atoms with Crippen molar-refractivity contribution in [3.63, 3.8) is 0 Å². The number of aromatic nitrogens is 1. The van der Waals surface area contributed by atoms with Gasteiger partial charge in [-0.05, 0) is 6.07 Å². The average Bonchev–Trinajstić information content (AvgIpc) is 2.45. The van der Waals surface area contributed by atoms with Crippen LogP contribution in [0.2, 0.25) is 0 Å². The Morgan fingerprint density at radius 3 is 2.07 bits per heavy atom. The van der Waals surface area contributed by atoms with Crippen LogP contribution < -0.4 is 0 Å². The van der Waals surface area contributed by atoms with E-state index in [-0.39, 0.29) is 16.8 Å². The van der Waals surface area contributed by atoms with Gasteiger partial charge in [-0.3, -0.25) is 0 Å². The summed E-state index contributed by atoms with van der Waals surface area (Å²) in [4.78, 5) is 20.8. The van der Waals surface area contributed by atoms with Gasteiger partial charge in [0.2, 0.25) is 0 Å². The Balaban J connectivity index is 3.34. The fourth-order valence-electron chi connectivity index (χ4n) is 0.941. The van der Waals surface area contributed by atoms with Crippen molar-refractivity contribution >= 4 is 12.1 Å². The Morgan fingerprint density at radius 2 is 1.80 bits per heavy atom. The molecule has 0 saturated heterocycles. The zero-order valence-corrected chi connectivity index (χ0v) is 6.95. The fourth-order valence-corrected chi connectivity index (χ4v) is 0.941. The molecule has 0 atom stereocenters. The molecular weight excluding hydrogens is 219 g/mol. The van der Waals surface area contributed by atoms with Crippen molar-refractivity contribution in [3.8, 4) is 0 Å². The number of hydrogen-bond acceptors (Lipinski definition) is 2. The van der Waals surface area contributed by atoms with Gasteiger partial charge in [0.05, 0.1) is 5.56 Å². The van der Waals surface area contributed by atoms with Crippen LogP contribution in [0.3, 0.4) is 0 Å². The molecule has 0 saturated carbocycles. The zero-order chi connectivity index (χ0) is 11.8. The Morgan fingerprint density at radius 1 is 1.27 bits per heavy atom. The van der Waals surface area contributed by atoms with Crippen LogP contribution in [0.4, 0.5) is 18.0 Å². The predicted molar refractivity (Wildman–Crippen MR) is 39.8 cm³/mol. The molecule has 15 heavy (non-hydrogen) atoms. The molecule has 0 aliphatic heterocycles. The molecule has 0 bridgehead atoms. The molecule has 0 spiro atoms. The van der Waals surface area contributed by atoms with Gasteiger partial charge in [0.1, 0.15) is 5.69 Å². The van der Waals surface area contributed by atoms with Crippen LogP contribution in [0, 0.1) is 0 Å². The van der Waals surface area contributed by atoms with Crippen molar-refractivity contribution in [3.05, 3.63) is 23.5 Å². The topological polar surface area (TPSA) is 79.5 Å². The third-order valence-electron chi connectivity index (χ3n) is 1.57. The van der Waals surface area contributed by atoms with Gasteiger partial charge < -0.3 is 10.2 Å². The molecule has 0 amide bonds. The van der Waals surface area contributed by atoms with Gasteiger partial charge in [-0.2, -0.15) is 13.2 Å². The van der Waals surface area contributed by atoms with Crippen LogP contribution in [0.5, 0.6) is 0 Å². The second-order valence-electron chi connectivity index (χ2n) is 2.57. The normalized spacial score (nSPS) is 11.4. The lowest BCUT2D eigenvalue weighted by Gasteiger charge is -2.00. The maximum absolute atomic E-state index is 12.1.